The predicted octanol–water partition coefficient (Wildman–Crippen LogP) is 4.73. The molecule has 1 saturated heterocycles. The largest absolute Gasteiger partial charge is 0.673 e. The summed E-state index contributed by atoms with van der Waals surface area (Å²) in [5.74, 6) is 0. The molecule has 0 radical (unpaired) electrons. The maximum Gasteiger partial charge on any atom is 0.673 e. The molecule has 0 spiro atoms. The van der Waals surface area contributed by atoms with Gasteiger partial charge in [-0.15, -0.1) is 0 Å². The maximum absolute atomic E-state index is 9.75. The highest BCUT2D eigenvalue weighted by molar-refractivity contribution is 7.28. The molecule has 3 rings (SSSR count). The van der Waals surface area contributed by atoms with Gasteiger partial charge in [-0.1, -0.05) is 53.0 Å². The number of benzene rings is 1. The van der Waals surface area contributed by atoms with Crippen LogP contribution in [0.2, 0.25) is 0 Å². The molecule has 120 valence electrons. The zero-order valence-corrected chi connectivity index (χ0v) is 13.5. The minimum absolute atomic E-state index is 1.24. The topological polar surface area (TPSA) is 3.01 Å². The van der Waals surface area contributed by atoms with Gasteiger partial charge in [0.05, 0.1) is 4.88 Å². The van der Waals surface area contributed by atoms with Crippen LogP contribution in [0.4, 0.5) is 17.3 Å². The molecule has 0 aliphatic carbocycles. The number of halogens is 4. The Morgan fingerprint density at radius 2 is 1.50 bits per heavy atom. The van der Waals surface area contributed by atoms with Crippen molar-refractivity contribution in [2.75, 3.05) is 13.1 Å². The third-order valence-electron chi connectivity index (χ3n) is 3.14. The van der Waals surface area contributed by atoms with Crippen LogP contribution >= 0.6 is 22.7 Å². The number of rotatable bonds is 1. The Kier molecular flexibility index (Phi) is 6.20. The molecular formula is C14H16BF4NS2. The van der Waals surface area contributed by atoms with Crippen LogP contribution < -0.4 is 8.56 Å². The third-order valence-corrected chi connectivity index (χ3v) is 5.64. The molecule has 0 atom stereocenters. The summed E-state index contributed by atoms with van der Waals surface area (Å²) in [6, 6.07) is 10.7. The van der Waals surface area contributed by atoms with Crippen LogP contribution in [0.1, 0.15) is 19.3 Å². The first-order valence-corrected chi connectivity index (χ1v) is 8.72. The van der Waals surface area contributed by atoms with Crippen molar-refractivity contribution in [3.8, 4) is 10.4 Å². The average Bonchev–Trinajstić information content (AvgIpc) is 2.97. The van der Waals surface area contributed by atoms with Crippen LogP contribution in [0, 0.1) is 0 Å². The molecular weight excluding hydrogens is 333 g/mol. The van der Waals surface area contributed by atoms with Gasteiger partial charge in [0.25, 0.3) is 0 Å². The molecule has 0 amide bonds. The number of hydrogen-bond acceptors (Lipinski definition) is 2. The highest BCUT2D eigenvalue weighted by atomic mass is 32.2. The summed E-state index contributed by atoms with van der Waals surface area (Å²) < 4.78 is 43.0. The first-order valence-electron chi connectivity index (χ1n) is 7.03. The summed E-state index contributed by atoms with van der Waals surface area (Å²) in [5, 5.41) is 2.30. The standard InChI is InChI=1S/C14H16NS2.BF4/c1-3-7-12(8-4-1)13-11-16-14(17-13)15-9-5-2-6-10-15;2-1(3,4)5/h1,3-4,7-8,11H,2,5-6,9-10H2;/q+1;-1. The van der Waals surface area contributed by atoms with Crippen molar-refractivity contribution in [1.29, 1.82) is 0 Å². The highest BCUT2D eigenvalue weighted by Crippen LogP contribution is 2.23. The van der Waals surface area contributed by atoms with E-state index in [2.05, 4.69) is 40.3 Å². The zero-order chi connectivity index (χ0) is 16.0. The fourth-order valence-corrected chi connectivity index (χ4v) is 4.56. The Morgan fingerprint density at radius 3 is 2.09 bits per heavy atom. The number of nitrogens with zero attached hydrogens (tertiary/aromatic N) is 1. The quantitative estimate of drug-likeness (QED) is 0.398. The van der Waals surface area contributed by atoms with Gasteiger partial charge in [-0.25, -0.2) is 4.58 Å². The van der Waals surface area contributed by atoms with Crippen molar-refractivity contribution in [1.82, 2.24) is 4.58 Å². The molecule has 2 aromatic rings. The molecule has 1 aromatic carbocycles. The zero-order valence-electron chi connectivity index (χ0n) is 11.9. The molecule has 8 heteroatoms. The summed E-state index contributed by atoms with van der Waals surface area (Å²) in [7, 11) is -6.00. The molecule has 1 aliphatic heterocycles. The van der Waals surface area contributed by atoms with Crippen LogP contribution in [-0.2, 0) is 0 Å². The Bertz CT molecular complexity index is 635. The SMILES string of the molecule is F[B-](F)(F)F.c1ccc(-c2csc(=[N+]3CCCCC3)s2)cc1. The van der Waals surface area contributed by atoms with E-state index in [1.54, 1.807) is 0 Å². The second-order valence-corrected chi connectivity index (χ2v) is 7.02. The van der Waals surface area contributed by atoms with Gasteiger partial charge in [-0.3, -0.25) is 0 Å². The van der Waals surface area contributed by atoms with Crippen molar-refractivity contribution < 1.29 is 17.3 Å². The highest BCUT2D eigenvalue weighted by Gasteiger charge is 2.20. The Balaban J connectivity index is 0.000000309. The molecule has 0 saturated carbocycles. The van der Waals surface area contributed by atoms with Crippen molar-refractivity contribution in [2.24, 2.45) is 0 Å². The normalized spacial score (nSPS) is 15.2. The molecule has 1 fully saturated rings. The summed E-state index contributed by atoms with van der Waals surface area (Å²) in [6.45, 7) is 2.48. The minimum Gasteiger partial charge on any atom is -0.418 e. The third kappa shape index (κ3) is 5.92. The lowest BCUT2D eigenvalue weighted by molar-refractivity contribution is 0.368. The predicted molar refractivity (Wildman–Crippen MR) is 86.7 cm³/mol. The van der Waals surface area contributed by atoms with Gasteiger partial charge in [0.1, 0.15) is 13.1 Å². The fourth-order valence-electron chi connectivity index (χ4n) is 2.19. The molecule has 0 bridgehead atoms. The lowest BCUT2D eigenvalue weighted by Gasteiger charge is -2.07. The molecule has 22 heavy (non-hydrogen) atoms. The molecule has 1 nitrogen and oxygen atoms in total. The van der Waals surface area contributed by atoms with Crippen LogP contribution in [0.3, 0.4) is 0 Å². The monoisotopic (exact) mass is 349 g/mol. The Labute approximate surface area is 134 Å². The summed E-state index contributed by atoms with van der Waals surface area (Å²) in [5.41, 5.74) is 1.34. The number of piperidine rings is 1. The van der Waals surface area contributed by atoms with Crippen molar-refractivity contribution in [2.45, 2.75) is 19.3 Å². The van der Waals surface area contributed by atoms with Gasteiger partial charge >= 0.3 is 11.2 Å². The van der Waals surface area contributed by atoms with Crippen LogP contribution in [0.5, 0.6) is 0 Å². The second kappa shape index (κ2) is 7.92. The molecule has 0 N–H and O–H groups in total. The molecule has 2 heterocycles. The summed E-state index contributed by atoms with van der Waals surface area (Å²) in [6.07, 6.45) is 4.11. The van der Waals surface area contributed by atoms with Gasteiger partial charge in [0, 0.05) is 18.2 Å². The minimum atomic E-state index is -6.00. The van der Waals surface area contributed by atoms with Crippen molar-refractivity contribution in [3.05, 3.63) is 39.7 Å². The van der Waals surface area contributed by atoms with E-state index in [-0.39, 0.29) is 0 Å². The van der Waals surface area contributed by atoms with Gasteiger partial charge < -0.3 is 17.3 Å². The fraction of sp³-hybridized carbons (Fsp3) is 0.357. The van der Waals surface area contributed by atoms with Crippen LogP contribution in [0.25, 0.3) is 10.4 Å². The first-order chi connectivity index (χ1) is 10.4. The molecule has 1 aromatic heterocycles. The van der Waals surface area contributed by atoms with E-state index in [1.807, 2.05) is 22.7 Å². The second-order valence-electron chi connectivity index (χ2n) is 4.88. The van der Waals surface area contributed by atoms with Gasteiger partial charge in [-0.05, 0) is 12.0 Å². The van der Waals surface area contributed by atoms with Crippen molar-refractivity contribution >= 4 is 29.9 Å². The summed E-state index contributed by atoms with van der Waals surface area (Å²) >= 11 is 3.83. The number of hydrogen-bond donors (Lipinski definition) is 0. The van der Waals surface area contributed by atoms with E-state index in [0.717, 1.165) is 0 Å². The van der Waals surface area contributed by atoms with E-state index in [4.69, 9.17) is 0 Å². The van der Waals surface area contributed by atoms with E-state index in [0.29, 0.717) is 0 Å². The summed E-state index contributed by atoms with van der Waals surface area (Å²) in [4.78, 5) is 1.40. The van der Waals surface area contributed by atoms with Gasteiger partial charge in [-0.2, -0.15) is 0 Å². The first kappa shape index (κ1) is 17.2. The van der Waals surface area contributed by atoms with Gasteiger partial charge in [0.15, 0.2) is 0 Å². The Hall–Kier alpha value is -1.15. The van der Waals surface area contributed by atoms with E-state index < -0.39 is 7.25 Å². The van der Waals surface area contributed by atoms with Crippen LogP contribution in [-0.4, -0.2) is 20.3 Å². The lowest BCUT2D eigenvalue weighted by atomic mass is 10.2. The Morgan fingerprint density at radius 1 is 0.909 bits per heavy atom. The molecule has 0 unspecified atom stereocenters. The van der Waals surface area contributed by atoms with Crippen molar-refractivity contribution in [3.63, 3.8) is 0 Å². The van der Waals surface area contributed by atoms with E-state index in [1.165, 1.54) is 46.8 Å². The average molecular weight is 349 g/mol. The van der Waals surface area contributed by atoms with Crippen LogP contribution in [0.15, 0.2) is 35.7 Å². The smallest absolute Gasteiger partial charge is 0.418 e. The van der Waals surface area contributed by atoms with E-state index in [9.17, 15) is 17.3 Å². The molecule has 1 aliphatic rings. The van der Waals surface area contributed by atoms with Gasteiger partial charge in [0.2, 0.25) is 0 Å². The van der Waals surface area contributed by atoms with E-state index >= 15 is 0 Å². The lowest BCUT2D eigenvalue weighted by Crippen LogP contribution is -2.31. The maximum atomic E-state index is 9.75.